The van der Waals surface area contributed by atoms with E-state index in [-0.39, 0.29) is 11.7 Å². The van der Waals surface area contributed by atoms with Crippen LogP contribution < -0.4 is 10.1 Å². The molecule has 0 unspecified atom stereocenters. The Hall–Kier alpha value is -1.79. The van der Waals surface area contributed by atoms with Crippen molar-refractivity contribution in [2.75, 3.05) is 18.9 Å². The Balaban J connectivity index is 1.69. The van der Waals surface area contributed by atoms with Gasteiger partial charge in [-0.2, -0.15) is 0 Å². The van der Waals surface area contributed by atoms with Gasteiger partial charge in [0, 0.05) is 5.02 Å². The Morgan fingerprint density at radius 2 is 2.05 bits per heavy atom. The number of hydrogen-bond donors (Lipinski definition) is 1. The van der Waals surface area contributed by atoms with Crippen molar-refractivity contribution in [3.8, 4) is 5.75 Å². The van der Waals surface area contributed by atoms with Crippen molar-refractivity contribution >= 4 is 28.3 Å². The molecule has 22 heavy (non-hydrogen) atoms. The van der Waals surface area contributed by atoms with Crippen molar-refractivity contribution in [2.45, 2.75) is 11.8 Å². The molecule has 0 aliphatic rings. The van der Waals surface area contributed by atoms with E-state index >= 15 is 0 Å². The van der Waals surface area contributed by atoms with Gasteiger partial charge in [0.15, 0.2) is 0 Å². The summed E-state index contributed by atoms with van der Waals surface area (Å²) in [5.41, 5.74) is 0. The summed E-state index contributed by atoms with van der Waals surface area (Å²) in [7, 11) is -1.40. The number of carbonyl (C=O) groups excluding carboxylic acids is 1. The molecule has 0 aliphatic heterocycles. The predicted octanol–water partition coefficient (Wildman–Crippen LogP) is 2.54. The maximum atomic E-state index is 12.0. The van der Waals surface area contributed by atoms with Crippen LogP contribution in [0.3, 0.4) is 0 Å². The highest BCUT2D eigenvalue weighted by atomic mass is 35.5. The number of aryl methyl sites for hydroxylation is 1. The highest BCUT2D eigenvalue weighted by molar-refractivity contribution is 7.85. The summed E-state index contributed by atoms with van der Waals surface area (Å²) >= 11 is 5.77. The number of rotatable bonds is 7. The Labute approximate surface area is 136 Å². The molecule has 118 valence electrons. The maximum Gasteiger partial charge on any atom is 0.233 e. The van der Waals surface area contributed by atoms with E-state index in [1.54, 1.807) is 37.3 Å². The molecule has 0 radical (unpaired) electrons. The zero-order chi connectivity index (χ0) is 15.9. The molecular weight excluding hydrogens is 326 g/mol. The molecule has 7 heteroatoms. The maximum absolute atomic E-state index is 12.0. The Morgan fingerprint density at radius 1 is 1.32 bits per heavy atom. The monoisotopic (exact) mass is 341 g/mol. The summed E-state index contributed by atoms with van der Waals surface area (Å²) in [4.78, 5) is 12.3. The number of hydrogen-bond acceptors (Lipinski definition) is 4. The van der Waals surface area contributed by atoms with Crippen LogP contribution in [0.5, 0.6) is 5.75 Å². The first-order valence-corrected chi connectivity index (χ1v) is 8.33. The van der Waals surface area contributed by atoms with Gasteiger partial charge in [0.25, 0.3) is 0 Å². The van der Waals surface area contributed by atoms with Gasteiger partial charge >= 0.3 is 0 Å². The summed E-state index contributed by atoms with van der Waals surface area (Å²) in [6.07, 6.45) is 1.46. The summed E-state index contributed by atoms with van der Waals surface area (Å²) in [5, 5.41) is 3.30. The lowest BCUT2D eigenvalue weighted by Crippen LogP contribution is -2.31. The molecule has 1 heterocycles. The number of amides is 1. The van der Waals surface area contributed by atoms with Gasteiger partial charge in [-0.3, -0.25) is 9.00 Å². The molecule has 0 bridgehead atoms. The summed E-state index contributed by atoms with van der Waals surface area (Å²) in [6, 6.07) is 8.57. The van der Waals surface area contributed by atoms with Gasteiger partial charge in [-0.1, -0.05) is 11.6 Å². The molecule has 1 aromatic heterocycles. The highest BCUT2D eigenvalue weighted by Gasteiger charge is 2.13. The van der Waals surface area contributed by atoms with Crippen LogP contribution in [0.2, 0.25) is 5.02 Å². The lowest BCUT2D eigenvalue weighted by atomic mass is 10.3. The van der Waals surface area contributed by atoms with Crippen LogP contribution in [0.25, 0.3) is 0 Å². The SMILES string of the molecule is Cc1occc1[S@](=O)CC(=O)NCCOc1ccc(Cl)cc1. The second-order valence-corrected chi connectivity index (χ2v) is 6.34. The molecule has 0 saturated carbocycles. The molecule has 0 aliphatic carbocycles. The standard InChI is InChI=1S/C15H16ClNO4S/c1-11-14(6-8-20-11)22(19)10-15(18)17-7-9-21-13-4-2-12(16)3-5-13/h2-6,8H,7,9-10H2,1H3,(H,17,18)/t22-/m1/s1. The average molecular weight is 342 g/mol. The van der Waals surface area contributed by atoms with Crippen LogP contribution in [0.1, 0.15) is 5.76 Å². The van der Waals surface area contributed by atoms with Crippen molar-refractivity contribution in [2.24, 2.45) is 0 Å². The highest BCUT2D eigenvalue weighted by Crippen LogP contribution is 2.15. The van der Waals surface area contributed by atoms with Gasteiger partial charge in [0.05, 0.1) is 28.5 Å². The van der Waals surface area contributed by atoms with Gasteiger partial charge in [-0.25, -0.2) is 0 Å². The van der Waals surface area contributed by atoms with E-state index in [4.69, 9.17) is 20.8 Å². The molecule has 1 N–H and O–H groups in total. The van der Waals surface area contributed by atoms with Gasteiger partial charge in [-0.15, -0.1) is 0 Å². The Morgan fingerprint density at radius 3 is 2.68 bits per heavy atom. The van der Waals surface area contributed by atoms with Crippen molar-refractivity contribution < 1.29 is 18.2 Å². The van der Waals surface area contributed by atoms with Crippen molar-refractivity contribution in [3.05, 3.63) is 47.4 Å². The molecule has 0 saturated heterocycles. The lowest BCUT2D eigenvalue weighted by molar-refractivity contribution is -0.118. The van der Waals surface area contributed by atoms with E-state index in [9.17, 15) is 9.00 Å². The van der Waals surface area contributed by atoms with E-state index in [1.807, 2.05) is 0 Å². The van der Waals surface area contributed by atoms with Gasteiger partial charge in [-0.05, 0) is 37.3 Å². The molecule has 0 fully saturated rings. The topological polar surface area (TPSA) is 68.5 Å². The van der Waals surface area contributed by atoms with E-state index in [0.717, 1.165) is 0 Å². The first-order valence-electron chi connectivity index (χ1n) is 6.64. The van der Waals surface area contributed by atoms with Crippen LogP contribution in [0, 0.1) is 6.92 Å². The molecule has 5 nitrogen and oxygen atoms in total. The van der Waals surface area contributed by atoms with Crippen LogP contribution >= 0.6 is 11.6 Å². The zero-order valence-electron chi connectivity index (χ0n) is 12.0. The van der Waals surface area contributed by atoms with Gasteiger partial charge in [0.2, 0.25) is 5.91 Å². The summed E-state index contributed by atoms with van der Waals surface area (Å²) < 4.78 is 22.5. The van der Waals surface area contributed by atoms with Crippen LogP contribution in [0.15, 0.2) is 45.9 Å². The Bertz CT molecular complexity index is 654. The molecule has 2 rings (SSSR count). The third-order valence-corrected chi connectivity index (χ3v) is 4.52. The minimum Gasteiger partial charge on any atom is -0.492 e. The molecular formula is C15H16ClNO4S. The van der Waals surface area contributed by atoms with Gasteiger partial charge < -0.3 is 14.5 Å². The van der Waals surface area contributed by atoms with Crippen molar-refractivity contribution in [1.82, 2.24) is 5.32 Å². The molecule has 1 aromatic carbocycles. The first kappa shape index (κ1) is 16.6. The van der Waals surface area contributed by atoms with E-state index < -0.39 is 10.8 Å². The Kier molecular flexibility index (Phi) is 6.03. The fraction of sp³-hybridized carbons (Fsp3) is 0.267. The van der Waals surface area contributed by atoms with Crippen LogP contribution in [0.4, 0.5) is 0 Å². The minimum atomic E-state index is -1.40. The fourth-order valence-electron chi connectivity index (χ4n) is 1.75. The number of halogens is 1. The van der Waals surface area contributed by atoms with E-state index in [1.165, 1.54) is 6.26 Å². The lowest BCUT2D eigenvalue weighted by Gasteiger charge is -2.07. The third-order valence-electron chi connectivity index (χ3n) is 2.83. The number of nitrogens with one attached hydrogen (secondary N) is 1. The molecule has 1 amide bonds. The normalized spacial score (nSPS) is 11.9. The molecule has 1 atom stereocenters. The number of benzene rings is 1. The van der Waals surface area contributed by atoms with Crippen LogP contribution in [-0.4, -0.2) is 29.0 Å². The zero-order valence-corrected chi connectivity index (χ0v) is 13.6. The first-order chi connectivity index (χ1) is 10.6. The summed E-state index contributed by atoms with van der Waals surface area (Å²) in [5.74, 6) is 0.855. The smallest absolute Gasteiger partial charge is 0.233 e. The number of ether oxygens (including phenoxy) is 1. The fourth-order valence-corrected chi connectivity index (χ4v) is 2.95. The number of carbonyl (C=O) groups is 1. The second kappa shape index (κ2) is 8.00. The molecule has 2 aromatic rings. The quantitative estimate of drug-likeness (QED) is 0.786. The third kappa shape index (κ3) is 4.89. The second-order valence-electron chi connectivity index (χ2n) is 4.48. The molecule has 0 spiro atoms. The minimum absolute atomic E-state index is 0.0959. The van der Waals surface area contributed by atoms with Crippen molar-refractivity contribution in [1.29, 1.82) is 0 Å². The van der Waals surface area contributed by atoms with Gasteiger partial charge in [0.1, 0.15) is 23.9 Å². The largest absolute Gasteiger partial charge is 0.492 e. The summed E-state index contributed by atoms with van der Waals surface area (Å²) in [6.45, 7) is 2.37. The predicted molar refractivity (Wildman–Crippen MR) is 84.7 cm³/mol. The van der Waals surface area contributed by atoms with E-state index in [0.29, 0.717) is 34.6 Å². The number of furan rings is 1. The van der Waals surface area contributed by atoms with E-state index in [2.05, 4.69) is 5.32 Å². The van der Waals surface area contributed by atoms with Crippen molar-refractivity contribution in [3.63, 3.8) is 0 Å². The average Bonchev–Trinajstić information content (AvgIpc) is 2.92. The van der Waals surface area contributed by atoms with Crippen LogP contribution in [-0.2, 0) is 15.6 Å².